The normalized spacial score (nSPS) is 10.8. The number of anilines is 1. The lowest BCUT2D eigenvalue weighted by atomic mass is 10.1. The van der Waals surface area contributed by atoms with E-state index < -0.39 is 0 Å². The van der Waals surface area contributed by atoms with Crippen LogP contribution in [0.15, 0.2) is 104 Å². The van der Waals surface area contributed by atoms with Crippen molar-refractivity contribution in [1.29, 1.82) is 0 Å². The van der Waals surface area contributed by atoms with Crippen LogP contribution in [0.2, 0.25) is 5.02 Å². The van der Waals surface area contributed by atoms with E-state index in [2.05, 4.69) is 27.6 Å². The first-order chi connectivity index (χ1) is 17.1. The summed E-state index contributed by atoms with van der Waals surface area (Å²) < 4.78 is 9.13. The van der Waals surface area contributed by atoms with Crippen molar-refractivity contribution in [2.24, 2.45) is 0 Å². The molecule has 0 unspecified atom stereocenters. The Morgan fingerprint density at radius 1 is 0.886 bits per heavy atom. The zero-order chi connectivity index (χ0) is 24.0. The molecule has 0 fully saturated rings. The van der Waals surface area contributed by atoms with Crippen molar-refractivity contribution in [1.82, 2.24) is 19.6 Å². The molecule has 5 rings (SSSR count). The van der Waals surface area contributed by atoms with Crippen LogP contribution in [-0.4, -0.2) is 25.5 Å². The summed E-state index contributed by atoms with van der Waals surface area (Å²) in [4.78, 5) is 12.6. The molecule has 1 N–H and O–H groups in total. The highest BCUT2D eigenvalue weighted by Gasteiger charge is 2.11. The predicted molar refractivity (Wildman–Crippen MR) is 135 cm³/mol. The highest BCUT2D eigenvalue weighted by atomic mass is 35.5. The van der Waals surface area contributed by atoms with Gasteiger partial charge in [0.1, 0.15) is 5.75 Å². The molecule has 0 radical (unpaired) electrons. The maximum atomic E-state index is 12.6. The quantitative estimate of drug-likeness (QED) is 0.305. The Labute approximate surface area is 207 Å². The van der Waals surface area contributed by atoms with Crippen LogP contribution in [0.3, 0.4) is 0 Å². The maximum absolute atomic E-state index is 12.6. The molecule has 1 amide bonds. The predicted octanol–water partition coefficient (Wildman–Crippen LogP) is 5.74. The molecule has 5 aromatic rings. The summed E-state index contributed by atoms with van der Waals surface area (Å²) in [5.41, 5.74) is 4.21. The van der Waals surface area contributed by atoms with Crippen LogP contribution in [-0.2, 0) is 13.3 Å². The average molecular weight is 484 g/mol. The second kappa shape index (κ2) is 10.3. The van der Waals surface area contributed by atoms with Crippen LogP contribution in [0.25, 0.3) is 11.1 Å². The lowest BCUT2D eigenvalue weighted by molar-refractivity contribution is 0.102. The molecule has 174 valence electrons. The van der Waals surface area contributed by atoms with Crippen molar-refractivity contribution in [2.45, 2.75) is 13.3 Å². The molecule has 2 aromatic heterocycles. The largest absolute Gasteiger partial charge is 0.471 e. The first-order valence-corrected chi connectivity index (χ1v) is 11.4. The van der Waals surface area contributed by atoms with E-state index in [0.717, 1.165) is 22.4 Å². The Morgan fingerprint density at radius 2 is 1.63 bits per heavy atom. The van der Waals surface area contributed by atoms with Crippen molar-refractivity contribution in [3.63, 3.8) is 0 Å². The lowest BCUT2D eigenvalue weighted by Crippen LogP contribution is -2.14. The van der Waals surface area contributed by atoms with Gasteiger partial charge < -0.3 is 10.1 Å². The SMILES string of the molecule is O=C(Nc1cnn(Cc2ccc(Cl)cc2)c1)c1ccn(COc2ccc(-c3ccccc3)cc2)n1. The minimum atomic E-state index is -0.318. The van der Waals surface area contributed by atoms with Gasteiger partial charge in [-0.3, -0.25) is 9.48 Å². The Bertz CT molecular complexity index is 1410. The van der Waals surface area contributed by atoms with Gasteiger partial charge in [0.25, 0.3) is 5.91 Å². The number of amides is 1. The van der Waals surface area contributed by atoms with Gasteiger partial charge in [-0.25, -0.2) is 4.68 Å². The molecule has 2 heterocycles. The van der Waals surface area contributed by atoms with E-state index in [-0.39, 0.29) is 12.6 Å². The van der Waals surface area contributed by atoms with Gasteiger partial charge in [0.15, 0.2) is 12.4 Å². The van der Waals surface area contributed by atoms with Gasteiger partial charge in [-0.15, -0.1) is 0 Å². The number of carbonyl (C=O) groups is 1. The number of carbonyl (C=O) groups excluding carboxylic acids is 1. The van der Waals surface area contributed by atoms with E-state index in [9.17, 15) is 4.79 Å². The summed E-state index contributed by atoms with van der Waals surface area (Å²) in [7, 11) is 0. The number of rotatable bonds is 8. The Balaban J connectivity index is 1.14. The molecule has 35 heavy (non-hydrogen) atoms. The Kier molecular flexibility index (Phi) is 6.59. The zero-order valence-corrected chi connectivity index (χ0v) is 19.5. The summed E-state index contributed by atoms with van der Waals surface area (Å²) in [6.07, 6.45) is 5.08. The first-order valence-electron chi connectivity index (χ1n) is 11.0. The van der Waals surface area contributed by atoms with E-state index in [1.165, 1.54) is 0 Å². The summed E-state index contributed by atoms with van der Waals surface area (Å²) in [5, 5.41) is 12.1. The molecule has 8 heteroatoms. The minimum absolute atomic E-state index is 0.191. The van der Waals surface area contributed by atoms with Crippen LogP contribution < -0.4 is 10.1 Å². The number of hydrogen-bond donors (Lipinski definition) is 1. The molecule has 7 nitrogen and oxygen atoms in total. The van der Waals surface area contributed by atoms with Crippen LogP contribution in [0.1, 0.15) is 16.1 Å². The fourth-order valence-electron chi connectivity index (χ4n) is 3.56. The third kappa shape index (κ3) is 5.77. The average Bonchev–Trinajstić information content (AvgIpc) is 3.55. The number of halogens is 1. The van der Waals surface area contributed by atoms with Gasteiger partial charge >= 0.3 is 0 Å². The summed E-state index contributed by atoms with van der Waals surface area (Å²) >= 11 is 5.93. The summed E-state index contributed by atoms with van der Waals surface area (Å²) in [6.45, 7) is 0.766. The van der Waals surface area contributed by atoms with E-state index in [1.54, 1.807) is 34.0 Å². The number of ether oxygens (including phenoxy) is 1. The van der Waals surface area contributed by atoms with Crippen molar-refractivity contribution in [2.75, 3.05) is 5.32 Å². The van der Waals surface area contributed by atoms with Crippen LogP contribution in [0.5, 0.6) is 5.75 Å². The second-order valence-corrected chi connectivity index (χ2v) is 8.35. The van der Waals surface area contributed by atoms with Crippen molar-refractivity contribution in [3.05, 3.63) is 120 Å². The molecule has 0 aliphatic carbocycles. The number of nitrogens with one attached hydrogen (secondary N) is 1. The minimum Gasteiger partial charge on any atom is -0.471 e. The van der Waals surface area contributed by atoms with Crippen molar-refractivity contribution >= 4 is 23.2 Å². The molecule has 0 atom stereocenters. The highest BCUT2D eigenvalue weighted by molar-refractivity contribution is 6.30. The maximum Gasteiger partial charge on any atom is 0.276 e. The van der Waals surface area contributed by atoms with Crippen molar-refractivity contribution in [3.8, 4) is 16.9 Å². The lowest BCUT2D eigenvalue weighted by Gasteiger charge is -2.07. The van der Waals surface area contributed by atoms with E-state index in [0.29, 0.717) is 22.9 Å². The van der Waals surface area contributed by atoms with E-state index in [1.807, 2.05) is 66.7 Å². The standard InChI is InChI=1S/C27H22ClN5O2/c28-23-10-6-20(7-11-23)17-33-18-24(16-29-33)30-27(34)26-14-15-32(31-26)19-35-25-12-8-22(9-13-25)21-4-2-1-3-5-21/h1-16,18H,17,19H2,(H,30,34). The van der Waals surface area contributed by atoms with Gasteiger partial charge in [-0.1, -0.05) is 66.2 Å². The Hall–Kier alpha value is -4.36. The molecule has 0 spiro atoms. The molecule has 0 saturated carbocycles. The molecular formula is C27H22ClN5O2. The summed E-state index contributed by atoms with van der Waals surface area (Å²) in [5.74, 6) is 0.404. The fraction of sp³-hybridized carbons (Fsp3) is 0.0741. The Morgan fingerprint density at radius 3 is 2.40 bits per heavy atom. The third-order valence-electron chi connectivity index (χ3n) is 5.35. The van der Waals surface area contributed by atoms with E-state index >= 15 is 0 Å². The number of nitrogens with zero attached hydrogens (tertiary/aromatic N) is 4. The van der Waals surface area contributed by atoms with E-state index in [4.69, 9.17) is 16.3 Å². The first kappa shape index (κ1) is 22.4. The van der Waals surface area contributed by atoms with Gasteiger partial charge in [-0.05, 0) is 47.0 Å². The molecule has 0 aliphatic heterocycles. The highest BCUT2D eigenvalue weighted by Crippen LogP contribution is 2.22. The van der Waals surface area contributed by atoms with Gasteiger partial charge in [0.05, 0.1) is 18.4 Å². The topological polar surface area (TPSA) is 74.0 Å². The van der Waals surface area contributed by atoms with Crippen LogP contribution in [0.4, 0.5) is 5.69 Å². The third-order valence-corrected chi connectivity index (χ3v) is 5.60. The van der Waals surface area contributed by atoms with Gasteiger partial charge in [0, 0.05) is 17.4 Å². The van der Waals surface area contributed by atoms with Gasteiger partial charge in [0.2, 0.25) is 0 Å². The number of aromatic nitrogens is 4. The molecule has 0 bridgehead atoms. The number of benzene rings is 3. The monoisotopic (exact) mass is 483 g/mol. The van der Waals surface area contributed by atoms with Crippen molar-refractivity contribution < 1.29 is 9.53 Å². The molecule has 0 aliphatic rings. The summed E-state index contributed by atoms with van der Waals surface area (Å²) in [6, 6.07) is 27.2. The molecule has 3 aromatic carbocycles. The smallest absolute Gasteiger partial charge is 0.276 e. The molecule has 0 saturated heterocycles. The number of hydrogen-bond acceptors (Lipinski definition) is 4. The van der Waals surface area contributed by atoms with Crippen LogP contribution >= 0.6 is 11.6 Å². The van der Waals surface area contributed by atoms with Crippen LogP contribution in [0, 0.1) is 0 Å². The van der Waals surface area contributed by atoms with Gasteiger partial charge in [-0.2, -0.15) is 10.2 Å². The zero-order valence-electron chi connectivity index (χ0n) is 18.7. The second-order valence-electron chi connectivity index (χ2n) is 7.91. The fourth-order valence-corrected chi connectivity index (χ4v) is 3.68. The molecular weight excluding hydrogens is 462 g/mol.